The maximum absolute atomic E-state index is 11.5. The second kappa shape index (κ2) is 3.89. The Bertz CT molecular complexity index is 244. The third-order valence-corrected chi connectivity index (χ3v) is 3.27. The average Bonchev–Trinajstić information content (AvgIpc) is 2.11. The Labute approximate surface area is 79.3 Å². The average molecular weight is 180 g/mol. The van der Waals surface area contributed by atoms with E-state index in [2.05, 4.69) is 19.9 Å². The van der Waals surface area contributed by atoms with Crippen molar-refractivity contribution in [3.8, 4) is 6.07 Å². The number of carbonyl (C=O) groups excluding carboxylic acids is 1. The summed E-state index contributed by atoms with van der Waals surface area (Å²) < 4.78 is 0. The number of nitrogens with zero attached hydrogens (tertiary/aromatic N) is 2. The number of piperidine rings is 1. The molecule has 3 heteroatoms. The Morgan fingerprint density at radius 3 is 2.69 bits per heavy atom. The van der Waals surface area contributed by atoms with Crippen LogP contribution in [-0.2, 0) is 4.79 Å². The fourth-order valence-electron chi connectivity index (χ4n) is 1.82. The molecule has 0 bridgehead atoms. The van der Waals surface area contributed by atoms with Gasteiger partial charge in [-0.25, -0.2) is 0 Å². The highest BCUT2D eigenvalue weighted by molar-refractivity contribution is 5.83. The van der Waals surface area contributed by atoms with E-state index in [1.54, 1.807) is 0 Å². The standard InChI is InChI=1S/C10H16N2O/c1-7-8(2)10(13)6-12(5-4-11)9(7)3/h7-9H,5-6H2,1-3H3. The molecule has 13 heavy (non-hydrogen) atoms. The smallest absolute Gasteiger partial charge is 0.149 e. The summed E-state index contributed by atoms with van der Waals surface area (Å²) in [5, 5.41) is 8.57. The van der Waals surface area contributed by atoms with Crippen LogP contribution in [0, 0.1) is 23.2 Å². The quantitative estimate of drug-likeness (QED) is 0.567. The number of carbonyl (C=O) groups is 1. The van der Waals surface area contributed by atoms with Crippen molar-refractivity contribution in [2.24, 2.45) is 11.8 Å². The van der Waals surface area contributed by atoms with Crippen molar-refractivity contribution in [3.05, 3.63) is 0 Å². The molecule has 0 saturated carbocycles. The van der Waals surface area contributed by atoms with Gasteiger partial charge in [-0.05, 0) is 12.8 Å². The molecule has 0 spiro atoms. The first-order valence-electron chi connectivity index (χ1n) is 4.71. The zero-order valence-electron chi connectivity index (χ0n) is 8.45. The van der Waals surface area contributed by atoms with Gasteiger partial charge >= 0.3 is 0 Å². The van der Waals surface area contributed by atoms with E-state index >= 15 is 0 Å². The van der Waals surface area contributed by atoms with E-state index in [-0.39, 0.29) is 11.7 Å². The number of Topliss-reactive ketones (excluding diaryl/α,β-unsaturated/α-hetero) is 1. The second-order valence-corrected chi connectivity index (χ2v) is 3.92. The zero-order chi connectivity index (χ0) is 10.0. The van der Waals surface area contributed by atoms with Gasteiger partial charge < -0.3 is 0 Å². The lowest BCUT2D eigenvalue weighted by Gasteiger charge is -2.39. The third kappa shape index (κ3) is 1.89. The normalized spacial score (nSPS) is 35.8. The van der Waals surface area contributed by atoms with Crippen molar-refractivity contribution in [3.63, 3.8) is 0 Å². The minimum atomic E-state index is 0.143. The lowest BCUT2D eigenvalue weighted by Crippen LogP contribution is -2.50. The lowest BCUT2D eigenvalue weighted by molar-refractivity contribution is -0.130. The molecule has 72 valence electrons. The minimum absolute atomic E-state index is 0.143. The number of hydrogen-bond donors (Lipinski definition) is 0. The number of ketones is 1. The topological polar surface area (TPSA) is 44.1 Å². The molecule has 0 amide bonds. The predicted molar refractivity (Wildman–Crippen MR) is 50.0 cm³/mol. The van der Waals surface area contributed by atoms with Gasteiger partial charge in [0.05, 0.1) is 19.2 Å². The minimum Gasteiger partial charge on any atom is -0.298 e. The van der Waals surface area contributed by atoms with Gasteiger partial charge in [0, 0.05) is 12.0 Å². The first-order valence-corrected chi connectivity index (χ1v) is 4.71. The molecule has 3 nitrogen and oxygen atoms in total. The molecule has 1 aliphatic heterocycles. The summed E-state index contributed by atoms with van der Waals surface area (Å²) in [4.78, 5) is 13.4. The van der Waals surface area contributed by atoms with Gasteiger partial charge in [0.15, 0.2) is 0 Å². The van der Waals surface area contributed by atoms with Crippen LogP contribution in [0.3, 0.4) is 0 Å². The van der Waals surface area contributed by atoms with E-state index in [4.69, 9.17) is 5.26 Å². The van der Waals surface area contributed by atoms with Crippen molar-refractivity contribution in [2.45, 2.75) is 26.8 Å². The van der Waals surface area contributed by atoms with E-state index < -0.39 is 0 Å². The summed E-state index contributed by atoms with van der Waals surface area (Å²) in [6.45, 7) is 6.96. The van der Waals surface area contributed by atoms with Crippen molar-refractivity contribution in [1.29, 1.82) is 5.26 Å². The molecule has 1 heterocycles. The van der Waals surface area contributed by atoms with Gasteiger partial charge in [-0.3, -0.25) is 9.69 Å². The second-order valence-electron chi connectivity index (χ2n) is 3.92. The predicted octanol–water partition coefficient (Wildman–Crippen LogP) is 1.06. The van der Waals surface area contributed by atoms with Crippen molar-refractivity contribution in [2.75, 3.05) is 13.1 Å². The van der Waals surface area contributed by atoms with Crippen LogP contribution in [0.25, 0.3) is 0 Å². The molecular weight excluding hydrogens is 164 g/mol. The van der Waals surface area contributed by atoms with E-state index in [9.17, 15) is 4.79 Å². The number of nitriles is 1. The van der Waals surface area contributed by atoms with E-state index in [1.807, 2.05) is 11.8 Å². The SMILES string of the molecule is CC1C(=O)CN(CC#N)C(C)C1C. The van der Waals surface area contributed by atoms with E-state index in [1.165, 1.54) is 0 Å². The van der Waals surface area contributed by atoms with Crippen LogP contribution in [0.5, 0.6) is 0 Å². The molecule has 0 aromatic rings. The van der Waals surface area contributed by atoms with Gasteiger partial charge in [-0.2, -0.15) is 5.26 Å². The molecule has 0 N–H and O–H groups in total. The first kappa shape index (κ1) is 10.2. The molecule has 1 fully saturated rings. The van der Waals surface area contributed by atoms with Gasteiger partial charge in [-0.1, -0.05) is 13.8 Å². The van der Waals surface area contributed by atoms with Gasteiger partial charge in [0.25, 0.3) is 0 Å². The van der Waals surface area contributed by atoms with Crippen LogP contribution in [0.2, 0.25) is 0 Å². The van der Waals surface area contributed by atoms with Gasteiger partial charge in [-0.15, -0.1) is 0 Å². The Hall–Kier alpha value is -0.880. The summed E-state index contributed by atoms with van der Waals surface area (Å²) in [5.74, 6) is 0.764. The molecule has 3 atom stereocenters. The molecular formula is C10H16N2O. The van der Waals surface area contributed by atoms with Crippen LogP contribution in [0.1, 0.15) is 20.8 Å². The highest BCUT2D eigenvalue weighted by atomic mass is 16.1. The van der Waals surface area contributed by atoms with Crippen LogP contribution in [0.15, 0.2) is 0 Å². The van der Waals surface area contributed by atoms with Crippen LogP contribution in [-0.4, -0.2) is 29.8 Å². The molecule has 0 radical (unpaired) electrons. The van der Waals surface area contributed by atoms with Crippen molar-refractivity contribution in [1.82, 2.24) is 4.90 Å². The Morgan fingerprint density at radius 2 is 2.15 bits per heavy atom. The molecule has 1 aliphatic rings. The van der Waals surface area contributed by atoms with Gasteiger partial charge in [0.1, 0.15) is 5.78 Å². The Kier molecular flexibility index (Phi) is 3.05. The molecule has 3 unspecified atom stereocenters. The Morgan fingerprint density at radius 1 is 1.54 bits per heavy atom. The largest absolute Gasteiger partial charge is 0.298 e. The fourth-order valence-corrected chi connectivity index (χ4v) is 1.82. The van der Waals surface area contributed by atoms with Crippen LogP contribution < -0.4 is 0 Å². The first-order chi connectivity index (χ1) is 6.07. The third-order valence-electron chi connectivity index (χ3n) is 3.27. The Balaban J connectivity index is 2.71. The number of hydrogen-bond acceptors (Lipinski definition) is 3. The molecule has 1 saturated heterocycles. The van der Waals surface area contributed by atoms with Gasteiger partial charge in [0.2, 0.25) is 0 Å². The fraction of sp³-hybridized carbons (Fsp3) is 0.800. The molecule has 0 aromatic heterocycles. The summed E-state index contributed by atoms with van der Waals surface area (Å²) >= 11 is 0. The van der Waals surface area contributed by atoms with Crippen LogP contribution in [0.4, 0.5) is 0 Å². The highest BCUT2D eigenvalue weighted by Gasteiger charge is 2.34. The number of likely N-dealkylation sites (tertiary alicyclic amines) is 1. The van der Waals surface area contributed by atoms with Crippen molar-refractivity contribution >= 4 is 5.78 Å². The summed E-state index contributed by atoms with van der Waals surface area (Å²) in [6, 6.07) is 2.44. The monoisotopic (exact) mass is 180 g/mol. The zero-order valence-corrected chi connectivity index (χ0v) is 8.45. The maximum Gasteiger partial charge on any atom is 0.149 e. The summed E-state index contributed by atoms with van der Waals surface area (Å²) in [7, 11) is 0. The molecule has 0 aromatic carbocycles. The lowest BCUT2D eigenvalue weighted by atomic mass is 9.82. The highest BCUT2D eigenvalue weighted by Crippen LogP contribution is 2.25. The van der Waals surface area contributed by atoms with Crippen molar-refractivity contribution < 1.29 is 4.79 Å². The van der Waals surface area contributed by atoms with Crippen LogP contribution >= 0.6 is 0 Å². The summed E-state index contributed by atoms with van der Waals surface area (Å²) in [5.41, 5.74) is 0. The van der Waals surface area contributed by atoms with E-state index in [0.717, 1.165) is 0 Å². The maximum atomic E-state index is 11.5. The molecule has 0 aliphatic carbocycles. The summed E-state index contributed by atoms with van der Waals surface area (Å²) in [6.07, 6.45) is 0. The van der Waals surface area contributed by atoms with E-state index in [0.29, 0.717) is 25.0 Å². The number of rotatable bonds is 1. The molecule has 1 rings (SSSR count).